The number of imidazole rings is 1. The van der Waals surface area contributed by atoms with Crippen LogP contribution in [0.15, 0.2) is 36.9 Å². The molecule has 1 heterocycles. The molecule has 0 unspecified atom stereocenters. The highest BCUT2D eigenvalue weighted by molar-refractivity contribution is 7.80. The molecule has 0 bridgehead atoms. The number of aromatic nitrogens is 2. The highest BCUT2D eigenvalue weighted by Gasteiger charge is 2.18. The van der Waals surface area contributed by atoms with Crippen LogP contribution in [0.4, 0.5) is 0 Å². The Morgan fingerprint density at radius 1 is 1.26 bits per heavy atom. The molecule has 7 heteroatoms. The number of thiocarbonyl (C=S) groups is 1. The molecule has 0 atom stereocenters. The third kappa shape index (κ3) is 6.75. The quantitative estimate of drug-likeness (QED) is 0.697. The predicted molar refractivity (Wildman–Crippen MR) is 112 cm³/mol. The Hall–Kier alpha value is -2.28. The van der Waals surface area contributed by atoms with Crippen LogP contribution in [0.2, 0.25) is 0 Å². The lowest BCUT2D eigenvalue weighted by Crippen LogP contribution is -2.48. The zero-order valence-corrected chi connectivity index (χ0v) is 17.7. The summed E-state index contributed by atoms with van der Waals surface area (Å²) in [6.45, 7) is 8.72. The van der Waals surface area contributed by atoms with Gasteiger partial charge in [0.25, 0.3) is 0 Å². The van der Waals surface area contributed by atoms with E-state index < -0.39 is 0 Å². The van der Waals surface area contributed by atoms with Gasteiger partial charge in [0.15, 0.2) is 5.11 Å². The number of nitrogens with one attached hydrogen (secondary N) is 1. The smallest absolute Gasteiger partial charge is 0.169 e. The lowest BCUT2D eigenvalue weighted by Gasteiger charge is -2.31. The van der Waals surface area contributed by atoms with Gasteiger partial charge in [-0.3, -0.25) is 0 Å². The summed E-state index contributed by atoms with van der Waals surface area (Å²) in [5, 5.41) is 4.16. The average molecular weight is 391 g/mol. The van der Waals surface area contributed by atoms with Gasteiger partial charge in [0.05, 0.1) is 20.5 Å². The van der Waals surface area contributed by atoms with Crippen molar-refractivity contribution in [1.82, 2.24) is 19.8 Å². The fraction of sp³-hybridized carbons (Fsp3) is 0.500. The van der Waals surface area contributed by atoms with E-state index in [0.717, 1.165) is 41.7 Å². The lowest BCUT2D eigenvalue weighted by molar-refractivity contribution is 0.351. The second kappa shape index (κ2) is 9.60. The third-order valence-corrected chi connectivity index (χ3v) is 4.39. The Balaban J connectivity index is 2.11. The zero-order valence-electron chi connectivity index (χ0n) is 16.9. The molecule has 0 aliphatic heterocycles. The van der Waals surface area contributed by atoms with E-state index in [-0.39, 0.29) is 5.54 Å². The van der Waals surface area contributed by atoms with E-state index in [9.17, 15) is 0 Å². The highest BCUT2D eigenvalue weighted by Crippen LogP contribution is 2.26. The molecule has 1 N–H and O–H groups in total. The second-order valence-electron chi connectivity index (χ2n) is 7.43. The van der Waals surface area contributed by atoms with Crippen molar-refractivity contribution in [3.05, 3.63) is 42.5 Å². The molecule has 0 aliphatic rings. The summed E-state index contributed by atoms with van der Waals surface area (Å²) in [5.74, 6) is 1.57. The van der Waals surface area contributed by atoms with Crippen LogP contribution in [0.1, 0.15) is 32.8 Å². The average Bonchev–Trinajstić information content (AvgIpc) is 3.13. The van der Waals surface area contributed by atoms with Crippen LogP contribution < -0.4 is 14.8 Å². The molecule has 0 aliphatic carbocycles. The first-order chi connectivity index (χ1) is 12.8. The van der Waals surface area contributed by atoms with Crippen LogP contribution in [-0.4, -0.2) is 45.9 Å². The van der Waals surface area contributed by atoms with Gasteiger partial charge < -0.3 is 24.3 Å². The molecule has 0 saturated carbocycles. The highest BCUT2D eigenvalue weighted by atomic mass is 32.1. The van der Waals surface area contributed by atoms with E-state index in [1.807, 2.05) is 30.7 Å². The minimum Gasteiger partial charge on any atom is -0.497 e. The van der Waals surface area contributed by atoms with Gasteiger partial charge in [-0.05, 0) is 51.5 Å². The Kier molecular flexibility index (Phi) is 7.47. The zero-order chi connectivity index (χ0) is 19.9. The summed E-state index contributed by atoms with van der Waals surface area (Å²) in [7, 11) is 3.33. The lowest BCUT2D eigenvalue weighted by atomic mass is 10.1. The SMILES string of the molecule is COc1ccc(CN(CCCn2ccnc2)C(=S)NC(C)(C)C)c(OC)c1. The summed E-state index contributed by atoms with van der Waals surface area (Å²) >= 11 is 5.69. The first-order valence-corrected chi connectivity index (χ1v) is 9.47. The second-order valence-corrected chi connectivity index (χ2v) is 7.82. The van der Waals surface area contributed by atoms with E-state index in [1.165, 1.54) is 0 Å². The van der Waals surface area contributed by atoms with Crippen LogP contribution >= 0.6 is 12.2 Å². The maximum Gasteiger partial charge on any atom is 0.169 e. The van der Waals surface area contributed by atoms with Crippen molar-refractivity contribution in [2.45, 2.75) is 45.8 Å². The summed E-state index contributed by atoms with van der Waals surface area (Å²) in [6, 6.07) is 5.88. The normalized spacial score (nSPS) is 11.1. The number of hydrogen-bond donors (Lipinski definition) is 1. The van der Waals surface area contributed by atoms with Gasteiger partial charge in [0.2, 0.25) is 0 Å². The van der Waals surface area contributed by atoms with Crippen molar-refractivity contribution in [3.8, 4) is 11.5 Å². The molecular weight excluding hydrogens is 360 g/mol. The molecule has 0 fully saturated rings. The monoisotopic (exact) mass is 390 g/mol. The molecule has 27 heavy (non-hydrogen) atoms. The Morgan fingerprint density at radius 3 is 2.63 bits per heavy atom. The van der Waals surface area contributed by atoms with Crippen molar-refractivity contribution in [2.75, 3.05) is 20.8 Å². The van der Waals surface area contributed by atoms with Gasteiger partial charge >= 0.3 is 0 Å². The van der Waals surface area contributed by atoms with Crippen molar-refractivity contribution in [1.29, 1.82) is 0 Å². The van der Waals surface area contributed by atoms with E-state index in [0.29, 0.717) is 6.54 Å². The molecule has 6 nitrogen and oxygen atoms in total. The molecule has 2 aromatic rings. The van der Waals surface area contributed by atoms with Gasteiger partial charge in [0, 0.05) is 49.2 Å². The summed E-state index contributed by atoms with van der Waals surface area (Å²) in [5.41, 5.74) is 0.975. The predicted octanol–water partition coefficient (Wildman–Crippen LogP) is 3.47. The van der Waals surface area contributed by atoms with Crippen molar-refractivity contribution < 1.29 is 9.47 Å². The summed E-state index contributed by atoms with van der Waals surface area (Å²) in [6.07, 6.45) is 6.57. The van der Waals surface area contributed by atoms with Crippen molar-refractivity contribution in [3.63, 3.8) is 0 Å². The van der Waals surface area contributed by atoms with E-state index in [4.69, 9.17) is 21.7 Å². The number of rotatable bonds is 8. The fourth-order valence-electron chi connectivity index (χ4n) is 2.70. The number of benzene rings is 1. The van der Waals surface area contributed by atoms with Gasteiger partial charge in [-0.15, -0.1) is 0 Å². The largest absolute Gasteiger partial charge is 0.497 e. The number of ether oxygens (including phenoxy) is 2. The topological polar surface area (TPSA) is 51.5 Å². The maximum atomic E-state index is 5.69. The number of aryl methyl sites for hydroxylation is 1. The molecule has 0 saturated heterocycles. The van der Waals surface area contributed by atoms with Crippen LogP contribution in [-0.2, 0) is 13.1 Å². The molecule has 1 aromatic carbocycles. The minimum absolute atomic E-state index is 0.0936. The van der Waals surface area contributed by atoms with Crippen molar-refractivity contribution >= 4 is 17.3 Å². The van der Waals surface area contributed by atoms with Crippen LogP contribution in [0, 0.1) is 0 Å². The molecule has 2 rings (SSSR count). The van der Waals surface area contributed by atoms with Gasteiger partial charge in [0.1, 0.15) is 11.5 Å². The van der Waals surface area contributed by atoms with Gasteiger partial charge in [-0.2, -0.15) is 0 Å². The van der Waals surface area contributed by atoms with E-state index in [2.05, 4.69) is 40.5 Å². The molecule has 0 radical (unpaired) electrons. The Labute approximate surface area is 167 Å². The minimum atomic E-state index is -0.0936. The van der Waals surface area contributed by atoms with Crippen molar-refractivity contribution in [2.24, 2.45) is 0 Å². The first-order valence-electron chi connectivity index (χ1n) is 9.06. The van der Waals surface area contributed by atoms with E-state index in [1.54, 1.807) is 20.4 Å². The number of methoxy groups -OCH3 is 2. The third-order valence-electron chi connectivity index (χ3n) is 4.03. The standard InChI is InChI=1S/C20H30N4O2S/c1-20(2,3)22-19(27)24(11-6-10-23-12-9-21-15-23)14-16-7-8-17(25-4)13-18(16)26-5/h7-9,12-13,15H,6,10-11,14H2,1-5H3,(H,22,27). The first kappa shape index (κ1) is 21.0. The number of hydrogen-bond acceptors (Lipinski definition) is 4. The summed E-state index contributed by atoms with van der Waals surface area (Å²) < 4.78 is 12.9. The molecule has 0 amide bonds. The van der Waals surface area contributed by atoms with Crippen LogP contribution in [0.3, 0.4) is 0 Å². The van der Waals surface area contributed by atoms with Gasteiger partial charge in [-0.1, -0.05) is 0 Å². The van der Waals surface area contributed by atoms with E-state index >= 15 is 0 Å². The molecule has 148 valence electrons. The van der Waals surface area contributed by atoms with Crippen LogP contribution in [0.25, 0.3) is 0 Å². The Morgan fingerprint density at radius 2 is 2.04 bits per heavy atom. The maximum absolute atomic E-state index is 5.69. The molecule has 0 spiro atoms. The van der Waals surface area contributed by atoms with Crippen LogP contribution in [0.5, 0.6) is 11.5 Å². The summed E-state index contributed by atoms with van der Waals surface area (Å²) in [4.78, 5) is 6.28. The molecule has 1 aromatic heterocycles. The Bertz CT molecular complexity index is 726. The van der Waals surface area contributed by atoms with Gasteiger partial charge in [-0.25, -0.2) is 4.98 Å². The fourth-order valence-corrected chi connectivity index (χ4v) is 3.17. The number of nitrogens with zero attached hydrogens (tertiary/aromatic N) is 3. The molecular formula is C20H30N4O2S.